The van der Waals surface area contributed by atoms with Crippen molar-refractivity contribution in [1.29, 1.82) is 5.26 Å². The lowest BCUT2D eigenvalue weighted by molar-refractivity contribution is 0.244. The average Bonchev–Trinajstić information content (AvgIpc) is 3.15. The predicted molar refractivity (Wildman–Crippen MR) is 89.4 cm³/mol. The summed E-state index contributed by atoms with van der Waals surface area (Å²) in [6.07, 6.45) is 8.77. The standard InChI is InChI=1S/C17H18N4O2S/c18-13-16(24(22,23)17-5-1-2-8-19-17)14-20-11-6-15(7-12-20)21-9-3-4-10-21/h1-5,8-10,14-15H,6-7,11-12H2. The van der Waals surface area contributed by atoms with E-state index in [1.165, 1.54) is 18.5 Å². The van der Waals surface area contributed by atoms with Gasteiger partial charge in [0, 0.05) is 43.9 Å². The maximum Gasteiger partial charge on any atom is 0.235 e. The summed E-state index contributed by atoms with van der Waals surface area (Å²) in [6, 6.07) is 10.9. The van der Waals surface area contributed by atoms with E-state index in [2.05, 4.69) is 9.55 Å². The summed E-state index contributed by atoms with van der Waals surface area (Å²) in [7, 11) is -3.87. The first-order chi connectivity index (χ1) is 11.6. The Morgan fingerprint density at radius 1 is 1.21 bits per heavy atom. The molecule has 0 radical (unpaired) electrons. The zero-order valence-electron chi connectivity index (χ0n) is 13.1. The molecular formula is C17H18N4O2S. The van der Waals surface area contributed by atoms with Gasteiger partial charge in [0.15, 0.2) is 9.93 Å². The molecule has 0 aromatic carbocycles. The molecule has 7 heteroatoms. The monoisotopic (exact) mass is 342 g/mol. The second kappa shape index (κ2) is 6.89. The normalized spacial score (nSPS) is 16.8. The van der Waals surface area contributed by atoms with Crippen LogP contribution in [-0.4, -0.2) is 36.0 Å². The fourth-order valence-electron chi connectivity index (χ4n) is 2.85. The highest BCUT2D eigenvalue weighted by atomic mass is 32.2. The van der Waals surface area contributed by atoms with Gasteiger partial charge in [0.05, 0.1) is 0 Å². The number of allylic oxidation sites excluding steroid dienone is 1. The first-order valence-corrected chi connectivity index (χ1v) is 9.24. The van der Waals surface area contributed by atoms with E-state index < -0.39 is 9.84 Å². The van der Waals surface area contributed by atoms with E-state index >= 15 is 0 Å². The molecule has 0 bridgehead atoms. The Hall–Kier alpha value is -2.59. The molecule has 0 saturated carbocycles. The fourth-order valence-corrected chi connectivity index (χ4v) is 3.94. The van der Waals surface area contributed by atoms with Crippen molar-refractivity contribution in [1.82, 2.24) is 14.5 Å². The number of rotatable bonds is 4. The lowest BCUT2D eigenvalue weighted by Crippen LogP contribution is -2.31. The van der Waals surface area contributed by atoms with E-state index in [1.807, 2.05) is 35.5 Å². The Morgan fingerprint density at radius 2 is 1.92 bits per heavy atom. The summed E-state index contributed by atoms with van der Waals surface area (Å²) in [5.74, 6) is 0. The Kier molecular flexibility index (Phi) is 4.67. The molecular weight excluding hydrogens is 324 g/mol. The number of aromatic nitrogens is 2. The van der Waals surface area contributed by atoms with Crippen LogP contribution >= 0.6 is 0 Å². The molecule has 124 valence electrons. The summed E-state index contributed by atoms with van der Waals surface area (Å²) >= 11 is 0. The van der Waals surface area contributed by atoms with E-state index in [-0.39, 0.29) is 9.93 Å². The van der Waals surface area contributed by atoms with Gasteiger partial charge in [0.2, 0.25) is 9.84 Å². The maximum absolute atomic E-state index is 12.5. The third kappa shape index (κ3) is 3.34. The van der Waals surface area contributed by atoms with Crippen molar-refractivity contribution in [2.45, 2.75) is 23.9 Å². The second-order valence-corrected chi connectivity index (χ2v) is 7.54. The average molecular weight is 342 g/mol. The summed E-state index contributed by atoms with van der Waals surface area (Å²) in [4.78, 5) is 5.49. The topological polar surface area (TPSA) is 79.0 Å². The van der Waals surface area contributed by atoms with Crippen LogP contribution < -0.4 is 0 Å². The van der Waals surface area contributed by atoms with Crippen molar-refractivity contribution in [2.75, 3.05) is 13.1 Å². The molecule has 3 heterocycles. The number of hydrogen-bond donors (Lipinski definition) is 0. The molecule has 0 aliphatic carbocycles. The molecule has 24 heavy (non-hydrogen) atoms. The van der Waals surface area contributed by atoms with Crippen LogP contribution in [0.15, 0.2) is 65.1 Å². The Bertz CT molecular complexity index is 844. The molecule has 0 atom stereocenters. The molecule has 2 aromatic rings. The molecule has 2 aromatic heterocycles. The van der Waals surface area contributed by atoms with Crippen LogP contribution in [0, 0.1) is 11.3 Å². The summed E-state index contributed by atoms with van der Waals surface area (Å²) in [5, 5.41) is 9.20. The SMILES string of the molecule is N#CC(=CN1CCC(n2cccc2)CC1)S(=O)(=O)c1ccccn1. The Morgan fingerprint density at radius 3 is 2.50 bits per heavy atom. The van der Waals surface area contributed by atoms with Crippen molar-refractivity contribution < 1.29 is 8.42 Å². The van der Waals surface area contributed by atoms with Crippen LogP contribution in [-0.2, 0) is 9.84 Å². The summed E-state index contributed by atoms with van der Waals surface area (Å²) < 4.78 is 27.2. The zero-order chi connectivity index (χ0) is 17.0. The lowest BCUT2D eigenvalue weighted by Gasteiger charge is -2.32. The number of nitrogens with zero attached hydrogens (tertiary/aromatic N) is 4. The van der Waals surface area contributed by atoms with Gasteiger partial charge in [0.25, 0.3) is 0 Å². The first-order valence-electron chi connectivity index (χ1n) is 7.76. The Labute approximate surface area is 141 Å². The third-order valence-electron chi connectivity index (χ3n) is 4.16. The van der Waals surface area contributed by atoms with Crippen LogP contribution in [0.25, 0.3) is 0 Å². The molecule has 1 saturated heterocycles. The molecule has 3 rings (SSSR count). The van der Waals surface area contributed by atoms with Crippen molar-refractivity contribution in [3.63, 3.8) is 0 Å². The van der Waals surface area contributed by atoms with Gasteiger partial charge >= 0.3 is 0 Å². The van der Waals surface area contributed by atoms with Gasteiger partial charge in [-0.2, -0.15) is 5.26 Å². The lowest BCUT2D eigenvalue weighted by atomic mass is 10.1. The maximum atomic E-state index is 12.5. The number of hydrogen-bond acceptors (Lipinski definition) is 5. The van der Waals surface area contributed by atoms with E-state index in [9.17, 15) is 13.7 Å². The molecule has 1 aliphatic rings. The van der Waals surface area contributed by atoms with Crippen molar-refractivity contribution in [2.24, 2.45) is 0 Å². The summed E-state index contributed by atoms with van der Waals surface area (Å²) in [5.41, 5.74) is 0. The van der Waals surface area contributed by atoms with Gasteiger partial charge in [-0.3, -0.25) is 0 Å². The van der Waals surface area contributed by atoms with Crippen LogP contribution in [0.5, 0.6) is 0 Å². The highest BCUT2D eigenvalue weighted by Crippen LogP contribution is 2.24. The molecule has 0 N–H and O–H groups in total. The number of likely N-dealkylation sites (tertiary alicyclic amines) is 1. The minimum Gasteiger partial charge on any atom is -0.376 e. The Balaban J connectivity index is 1.74. The van der Waals surface area contributed by atoms with Crippen LogP contribution in [0.2, 0.25) is 0 Å². The molecule has 1 aliphatic heterocycles. The summed E-state index contributed by atoms with van der Waals surface area (Å²) in [6.45, 7) is 1.43. The molecule has 1 fully saturated rings. The van der Waals surface area contributed by atoms with Crippen LogP contribution in [0.1, 0.15) is 18.9 Å². The predicted octanol–water partition coefficient (Wildman–Crippen LogP) is 2.36. The fraction of sp³-hybridized carbons (Fsp3) is 0.294. The van der Waals surface area contributed by atoms with Crippen molar-refractivity contribution >= 4 is 9.84 Å². The van der Waals surface area contributed by atoms with Gasteiger partial charge in [0.1, 0.15) is 6.07 Å². The number of sulfone groups is 1. The van der Waals surface area contributed by atoms with Gasteiger partial charge in [-0.25, -0.2) is 13.4 Å². The highest BCUT2D eigenvalue weighted by Gasteiger charge is 2.25. The molecule has 0 spiro atoms. The third-order valence-corrected chi connectivity index (χ3v) is 5.73. The minimum absolute atomic E-state index is 0.0972. The largest absolute Gasteiger partial charge is 0.376 e. The van der Waals surface area contributed by atoms with Gasteiger partial charge < -0.3 is 9.47 Å². The second-order valence-electron chi connectivity index (χ2n) is 5.67. The molecule has 0 unspecified atom stereocenters. The van der Waals surface area contributed by atoms with Crippen molar-refractivity contribution in [3.05, 3.63) is 60.0 Å². The molecule has 6 nitrogen and oxygen atoms in total. The number of pyridine rings is 1. The van der Waals surface area contributed by atoms with Gasteiger partial charge in [-0.15, -0.1) is 0 Å². The number of piperidine rings is 1. The minimum atomic E-state index is -3.87. The first kappa shape index (κ1) is 16.3. The van der Waals surface area contributed by atoms with E-state index in [0.717, 1.165) is 12.8 Å². The smallest absolute Gasteiger partial charge is 0.235 e. The van der Waals surface area contributed by atoms with Crippen LogP contribution in [0.3, 0.4) is 0 Å². The molecule has 0 amide bonds. The quantitative estimate of drug-likeness (QED) is 0.797. The zero-order valence-corrected chi connectivity index (χ0v) is 13.9. The van der Waals surface area contributed by atoms with Crippen LogP contribution in [0.4, 0.5) is 0 Å². The van der Waals surface area contributed by atoms with E-state index in [0.29, 0.717) is 19.1 Å². The number of nitriles is 1. The van der Waals surface area contributed by atoms with Gasteiger partial charge in [-0.05, 0) is 37.1 Å². The van der Waals surface area contributed by atoms with E-state index in [4.69, 9.17) is 0 Å². The van der Waals surface area contributed by atoms with Crippen molar-refractivity contribution in [3.8, 4) is 6.07 Å². The highest BCUT2D eigenvalue weighted by molar-refractivity contribution is 7.95. The van der Waals surface area contributed by atoms with Gasteiger partial charge in [-0.1, -0.05) is 6.07 Å². The van der Waals surface area contributed by atoms with E-state index in [1.54, 1.807) is 12.1 Å².